The first kappa shape index (κ1) is 11.1. The maximum atomic E-state index is 10.6. The summed E-state index contributed by atoms with van der Waals surface area (Å²) in [6.45, 7) is 0. The van der Waals surface area contributed by atoms with Crippen LogP contribution in [0.3, 0.4) is 0 Å². The van der Waals surface area contributed by atoms with E-state index in [1.165, 1.54) is 11.7 Å². The molecule has 1 aromatic rings. The molecule has 0 fully saturated rings. The third kappa shape index (κ3) is 2.29. The van der Waals surface area contributed by atoms with E-state index in [1.807, 2.05) is 0 Å². The van der Waals surface area contributed by atoms with E-state index < -0.39 is 16.9 Å². The minimum Gasteiger partial charge on any atom is -0.480 e. The van der Waals surface area contributed by atoms with Gasteiger partial charge in [0.2, 0.25) is 0 Å². The molecule has 1 aromatic heterocycles. The van der Waals surface area contributed by atoms with Crippen LogP contribution in [0.1, 0.15) is 5.69 Å². The van der Waals surface area contributed by atoms with Crippen molar-refractivity contribution in [1.82, 2.24) is 9.78 Å². The van der Waals surface area contributed by atoms with E-state index in [0.29, 0.717) is 0 Å². The Balaban J connectivity index is 2.97. The first-order valence-corrected chi connectivity index (χ1v) is 4.07. The van der Waals surface area contributed by atoms with Crippen LogP contribution in [0.4, 0.5) is 5.69 Å². The molecule has 1 heterocycles. The predicted molar refractivity (Wildman–Crippen MR) is 49.2 cm³/mol. The average molecular weight is 214 g/mol. The normalized spacial score (nSPS) is 12.4. The number of nitrogens with zero attached hydrogens (tertiary/aromatic N) is 3. The van der Waals surface area contributed by atoms with Crippen LogP contribution in [-0.2, 0) is 18.3 Å². The molecule has 0 radical (unpaired) electrons. The van der Waals surface area contributed by atoms with Crippen molar-refractivity contribution in [2.45, 2.75) is 12.5 Å². The van der Waals surface area contributed by atoms with Crippen LogP contribution in [-0.4, -0.2) is 31.8 Å². The zero-order valence-electron chi connectivity index (χ0n) is 7.95. The molecule has 1 unspecified atom stereocenters. The van der Waals surface area contributed by atoms with Crippen molar-refractivity contribution in [3.63, 3.8) is 0 Å². The van der Waals surface area contributed by atoms with Gasteiger partial charge in [-0.15, -0.1) is 0 Å². The number of aromatic nitrogens is 2. The minimum atomic E-state index is -1.20. The molecule has 8 nitrogen and oxygen atoms in total. The highest BCUT2D eigenvalue weighted by Crippen LogP contribution is 2.17. The second-order valence-electron chi connectivity index (χ2n) is 3.01. The van der Waals surface area contributed by atoms with E-state index in [2.05, 4.69) is 5.10 Å². The molecule has 1 rings (SSSR count). The highest BCUT2D eigenvalue weighted by molar-refractivity contribution is 5.73. The van der Waals surface area contributed by atoms with Crippen molar-refractivity contribution in [3.8, 4) is 0 Å². The fraction of sp³-hybridized carbons (Fsp3) is 0.429. The molecule has 0 spiro atoms. The predicted octanol–water partition coefficient (Wildman–Crippen LogP) is -0.717. The van der Waals surface area contributed by atoms with Crippen molar-refractivity contribution in [1.29, 1.82) is 0 Å². The second kappa shape index (κ2) is 4.05. The number of hydrogen-bond acceptors (Lipinski definition) is 5. The molecule has 0 aliphatic heterocycles. The number of carboxylic acid groups (broad SMARTS) is 1. The summed E-state index contributed by atoms with van der Waals surface area (Å²) in [5, 5.41) is 22.8. The summed E-state index contributed by atoms with van der Waals surface area (Å²) in [5.41, 5.74) is 5.27. The number of carboxylic acids is 1. The fourth-order valence-corrected chi connectivity index (χ4v) is 1.14. The van der Waals surface area contributed by atoms with Gasteiger partial charge in [-0.05, 0) is 0 Å². The van der Waals surface area contributed by atoms with Crippen LogP contribution in [0.2, 0.25) is 0 Å². The maximum Gasteiger partial charge on any atom is 0.320 e. The second-order valence-corrected chi connectivity index (χ2v) is 3.01. The number of nitro groups is 1. The van der Waals surface area contributed by atoms with Gasteiger partial charge in [0.05, 0.1) is 4.92 Å². The lowest BCUT2D eigenvalue weighted by atomic mass is 10.1. The number of aliphatic carboxylic acids is 1. The third-order valence-corrected chi connectivity index (χ3v) is 1.97. The monoisotopic (exact) mass is 214 g/mol. The molecular formula is C7H10N4O4. The van der Waals surface area contributed by atoms with Crippen LogP contribution >= 0.6 is 0 Å². The van der Waals surface area contributed by atoms with Crippen molar-refractivity contribution in [2.24, 2.45) is 12.8 Å². The average Bonchev–Trinajstić information content (AvgIpc) is 2.48. The minimum absolute atomic E-state index is 0.123. The SMILES string of the molecule is Cn1ncc([N+](=O)[O-])c1CC(N)C(=O)O. The summed E-state index contributed by atoms with van der Waals surface area (Å²) in [5.74, 6) is -1.20. The highest BCUT2D eigenvalue weighted by Gasteiger charge is 2.23. The zero-order valence-corrected chi connectivity index (χ0v) is 7.95. The lowest BCUT2D eigenvalue weighted by Gasteiger charge is -2.05. The van der Waals surface area contributed by atoms with Crippen molar-refractivity contribution in [3.05, 3.63) is 22.0 Å². The molecule has 8 heteroatoms. The molecule has 0 bridgehead atoms. The highest BCUT2D eigenvalue weighted by atomic mass is 16.6. The first-order chi connectivity index (χ1) is 6.93. The summed E-state index contributed by atoms with van der Waals surface area (Å²) in [7, 11) is 1.50. The standard InChI is InChI=1S/C7H10N4O4/c1-10-5(2-4(8)7(12)13)6(3-9-10)11(14)15/h3-4H,2,8H2,1H3,(H,12,13). The maximum absolute atomic E-state index is 10.6. The van der Waals surface area contributed by atoms with E-state index in [1.54, 1.807) is 0 Å². The van der Waals surface area contributed by atoms with Gasteiger partial charge in [0.15, 0.2) is 0 Å². The molecule has 15 heavy (non-hydrogen) atoms. The van der Waals surface area contributed by atoms with Crippen molar-refractivity contribution in [2.75, 3.05) is 0 Å². The van der Waals surface area contributed by atoms with E-state index in [-0.39, 0.29) is 17.8 Å². The first-order valence-electron chi connectivity index (χ1n) is 4.07. The van der Waals surface area contributed by atoms with Gasteiger partial charge in [0, 0.05) is 13.5 Å². The fourth-order valence-electron chi connectivity index (χ4n) is 1.14. The number of carbonyl (C=O) groups is 1. The van der Waals surface area contributed by atoms with Crippen LogP contribution in [0.25, 0.3) is 0 Å². The molecule has 0 aliphatic rings. The Labute approximate surface area is 84.4 Å². The van der Waals surface area contributed by atoms with Gasteiger partial charge in [-0.2, -0.15) is 5.10 Å². The Morgan fingerprint density at radius 2 is 2.47 bits per heavy atom. The largest absolute Gasteiger partial charge is 0.480 e. The number of aryl methyl sites for hydroxylation is 1. The summed E-state index contributed by atoms with van der Waals surface area (Å²) in [6.07, 6.45) is 0.950. The Morgan fingerprint density at radius 1 is 1.87 bits per heavy atom. The molecule has 82 valence electrons. The Bertz CT molecular complexity index is 400. The summed E-state index contributed by atoms with van der Waals surface area (Å²) < 4.78 is 1.25. The van der Waals surface area contributed by atoms with E-state index in [0.717, 1.165) is 6.20 Å². The molecular weight excluding hydrogens is 204 g/mol. The molecule has 0 aliphatic carbocycles. The third-order valence-electron chi connectivity index (χ3n) is 1.97. The van der Waals surface area contributed by atoms with Crippen molar-refractivity contribution >= 4 is 11.7 Å². The molecule has 0 aromatic carbocycles. The van der Waals surface area contributed by atoms with Gasteiger partial charge in [0.1, 0.15) is 17.9 Å². The number of nitrogens with two attached hydrogens (primary N) is 1. The van der Waals surface area contributed by atoms with Gasteiger partial charge in [0.25, 0.3) is 0 Å². The molecule has 0 amide bonds. The van der Waals surface area contributed by atoms with Gasteiger partial charge >= 0.3 is 11.7 Å². The van der Waals surface area contributed by atoms with Crippen molar-refractivity contribution < 1.29 is 14.8 Å². The Kier molecular flexibility index (Phi) is 3.00. The Hall–Kier alpha value is -1.96. The van der Waals surface area contributed by atoms with Gasteiger partial charge in [-0.1, -0.05) is 0 Å². The van der Waals surface area contributed by atoms with E-state index in [4.69, 9.17) is 10.8 Å². The van der Waals surface area contributed by atoms with Gasteiger partial charge in [-0.3, -0.25) is 19.6 Å². The van der Waals surface area contributed by atoms with Crippen LogP contribution in [0.15, 0.2) is 6.20 Å². The summed E-state index contributed by atoms with van der Waals surface area (Å²) in [4.78, 5) is 20.4. The summed E-state index contributed by atoms with van der Waals surface area (Å²) >= 11 is 0. The molecule has 3 N–H and O–H groups in total. The number of rotatable bonds is 4. The van der Waals surface area contributed by atoms with E-state index in [9.17, 15) is 14.9 Å². The van der Waals surface area contributed by atoms with Gasteiger partial charge in [-0.25, -0.2) is 0 Å². The molecule has 1 atom stereocenters. The quantitative estimate of drug-likeness (QED) is 0.503. The molecule has 0 saturated carbocycles. The number of hydrogen-bond donors (Lipinski definition) is 2. The summed E-state index contributed by atoms with van der Waals surface area (Å²) in [6, 6.07) is -1.17. The van der Waals surface area contributed by atoms with Crippen LogP contribution in [0, 0.1) is 10.1 Å². The lowest BCUT2D eigenvalue weighted by molar-refractivity contribution is -0.385. The van der Waals surface area contributed by atoms with Crippen LogP contribution < -0.4 is 5.73 Å². The molecule has 0 saturated heterocycles. The van der Waals surface area contributed by atoms with Gasteiger partial charge < -0.3 is 10.8 Å². The smallest absolute Gasteiger partial charge is 0.320 e. The van der Waals surface area contributed by atoms with Crippen LogP contribution in [0.5, 0.6) is 0 Å². The zero-order chi connectivity index (χ0) is 11.6. The lowest BCUT2D eigenvalue weighted by Crippen LogP contribution is -2.33. The Morgan fingerprint density at radius 3 is 2.93 bits per heavy atom. The van der Waals surface area contributed by atoms with E-state index >= 15 is 0 Å². The topological polar surface area (TPSA) is 124 Å².